The predicted molar refractivity (Wildman–Crippen MR) is 78.9 cm³/mol. The molecule has 2 aliphatic rings. The molecule has 1 saturated heterocycles. The summed E-state index contributed by atoms with van der Waals surface area (Å²) >= 11 is 0. The second kappa shape index (κ2) is 5.92. The molecule has 0 aromatic heterocycles. The van der Waals surface area contributed by atoms with Crippen LogP contribution in [0.25, 0.3) is 0 Å². The first-order chi connectivity index (χ1) is 8.50. The summed E-state index contributed by atoms with van der Waals surface area (Å²) in [6, 6.07) is 1.63. The lowest BCUT2D eigenvalue weighted by molar-refractivity contribution is 0.183. The summed E-state index contributed by atoms with van der Waals surface area (Å²) in [4.78, 5) is 2.76. The maximum Gasteiger partial charge on any atom is 0.0220 e. The smallest absolute Gasteiger partial charge is 0.0220 e. The molecule has 0 aromatic carbocycles. The van der Waals surface area contributed by atoms with Crippen molar-refractivity contribution in [1.82, 2.24) is 10.2 Å². The highest BCUT2D eigenvalue weighted by molar-refractivity contribution is 4.89. The molecule has 1 aliphatic carbocycles. The van der Waals surface area contributed by atoms with Gasteiger partial charge in [-0.3, -0.25) is 4.90 Å². The van der Waals surface area contributed by atoms with Crippen LogP contribution in [0.2, 0.25) is 0 Å². The number of likely N-dealkylation sites (tertiary alicyclic amines) is 1. The largest absolute Gasteiger partial charge is 0.312 e. The predicted octanol–water partition coefficient (Wildman–Crippen LogP) is 3.28. The van der Waals surface area contributed by atoms with Crippen LogP contribution in [0, 0.1) is 11.3 Å². The van der Waals surface area contributed by atoms with Gasteiger partial charge in [0.05, 0.1) is 0 Å². The van der Waals surface area contributed by atoms with E-state index >= 15 is 0 Å². The van der Waals surface area contributed by atoms with Crippen LogP contribution in [0.15, 0.2) is 0 Å². The van der Waals surface area contributed by atoms with E-state index in [1.807, 2.05) is 0 Å². The quantitative estimate of drug-likeness (QED) is 0.780. The topological polar surface area (TPSA) is 15.3 Å². The molecule has 1 saturated carbocycles. The van der Waals surface area contributed by atoms with Gasteiger partial charge in [0, 0.05) is 25.2 Å². The van der Waals surface area contributed by atoms with Gasteiger partial charge in [-0.25, -0.2) is 0 Å². The number of hydrogen-bond donors (Lipinski definition) is 1. The van der Waals surface area contributed by atoms with E-state index in [0.29, 0.717) is 5.41 Å². The summed E-state index contributed by atoms with van der Waals surface area (Å²) in [5, 5.41) is 3.73. The summed E-state index contributed by atoms with van der Waals surface area (Å²) in [7, 11) is 0. The van der Waals surface area contributed by atoms with Gasteiger partial charge in [-0.05, 0) is 43.6 Å². The Morgan fingerprint density at radius 1 is 1.22 bits per heavy atom. The third-order valence-corrected chi connectivity index (χ3v) is 4.80. The molecule has 18 heavy (non-hydrogen) atoms. The van der Waals surface area contributed by atoms with Crippen molar-refractivity contribution in [3.63, 3.8) is 0 Å². The van der Waals surface area contributed by atoms with Crippen LogP contribution in [0.5, 0.6) is 0 Å². The number of hydrogen-bond acceptors (Lipinski definition) is 2. The highest BCUT2D eigenvalue weighted by atomic mass is 15.2. The molecule has 2 heteroatoms. The Kier molecular flexibility index (Phi) is 4.71. The average molecular weight is 252 g/mol. The molecule has 2 nitrogen and oxygen atoms in total. The minimum Gasteiger partial charge on any atom is -0.312 e. The molecule has 0 bridgehead atoms. The van der Waals surface area contributed by atoms with Gasteiger partial charge in [0.25, 0.3) is 0 Å². The molecular formula is C16H32N2. The second-order valence-electron chi connectivity index (χ2n) is 7.47. The van der Waals surface area contributed by atoms with Gasteiger partial charge in [0.1, 0.15) is 0 Å². The number of nitrogens with zero attached hydrogens (tertiary/aromatic N) is 1. The van der Waals surface area contributed by atoms with Crippen LogP contribution in [-0.2, 0) is 0 Å². The molecule has 1 aliphatic heterocycles. The molecule has 0 spiro atoms. The van der Waals surface area contributed by atoms with E-state index in [1.54, 1.807) is 0 Å². The fourth-order valence-corrected chi connectivity index (χ4v) is 3.16. The van der Waals surface area contributed by atoms with Gasteiger partial charge < -0.3 is 5.32 Å². The zero-order valence-corrected chi connectivity index (χ0v) is 12.8. The van der Waals surface area contributed by atoms with E-state index in [0.717, 1.165) is 18.0 Å². The summed E-state index contributed by atoms with van der Waals surface area (Å²) in [6.07, 6.45) is 6.88. The Morgan fingerprint density at radius 3 is 2.44 bits per heavy atom. The van der Waals surface area contributed by atoms with E-state index in [1.165, 1.54) is 51.7 Å². The van der Waals surface area contributed by atoms with Crippen molar-refractivity contribution in [2.75, 3.05) is 19.6 Å². The van der Waals surface area contributed by atoms with Crippen molar-refractivity contribution in [3.05, 3.63) is 0 Å². The van der Waals surface area contributed by atoms with Crippen molar-refractivity contribution in [3.8, 4) is 0 Å². The Bertz CT molecular complexity index is 252. The molecular weight excluding hydrogens is 220 g/mol. The molecule has 0 aromatic rings. The lowest BCUT2D eigenvalue weighted by atomic mass is 9.80. The average Bonchev–Trinajstić information content (AvgIpc) is 2.97. The summed E-state index contributed by atoms with van der Waals surface area (Å²) < 4.78 is 0. The Hall–Kier alpha value is -0.0800. The van der Waals surface area contributed by atoms with Gasteiger partial charge in [-0.1, -0.05) is 34.1 Å². The van der Waals surface area contributed by atoms with Crippen LogP contribution in [0.4, 0.5) is 0 Å². The highest BCUT2D eigenvalue weighted by Gasteiger charge is 2.34. The molecule has 0 amide bonds. The molecule has 1 heterocycles. The molecule has 2 atom stereocenters. The summed E-state index contributed by atoms with van der Waals surface area (Å²) in [6.45, 7) is 13.4. The third-order valence-electron chi connectivity index (χ3n) is 4.80. The van der Waals surface area contributed by atoms with Gasteiger partial charge in [-0.2, -0.15) is 0 Å². The molecule has 2 fully saturated rings. The van der Waals surface area contributed by atoms with Gasteiger partial charge in [-0.15, -0.1) is 0 Å². The van der Waals surface area contributed by atoms with Crippen LogP contribution in [0.3, 0.4) is 0 Å². The van der Waals surface area contributed by atoms with Crippen LogP contribution in [-0.4, -0.2) is 36.6 Å². The van der Waals surface area contributed by atoms with Gasteiger partial charge in [0.2, 0.25) is 0 Å². The van der Waals surface area contributed by atoms with Gasteiger partial charge >= 0.3 is 0 Å². The molecule has 2 rings (SSSR count). The zero-order valence-electron chi connectivity index (χ0n) is 12.8. The molecule has 106 valence electrons. The Labute approximate surface area is 114 Å². The van der Waals surface area contributed by atoms with Crippen molar-refractivity contribution in [1.29, 1.82) is 0 Å². The minimum atomic E-state index is 0.482. The number of rotatable bonds is 6. The minimum absolute atomic E-state index is 0.482. The van der Waals surface area contributed by atoms with Crippen LogP contribution in [0.1, 0.15) is 59.8 Å². The lowest BCUT2D eigenvalue weighted by Crippen LogP contribution is -2.42. The SMILES string of the molecule is CCCC(CNC1CC1)N1CCC(C(C)(C)C)C1. The number of nitrogens with one attached hydrogen (secondary N) is 1. The molecule has 0 radical (unpaired) electrons. The lowest BCUT2D eigenvalue weighted by Gasteiger charge is -2.31. The third kappa shape index (κ3) is 3.96. The zero-order chi connectivity index (χ0) is 13.2. The Balaban J connectivity index is 1.82. The Morgan fingerprint density at radius 2 is 1.94 bits per heavy atom. The van der Waals surface area contributed by atoms with E-state index in [-0.39, 0.29) is 0 Å². The van der Waals surface area contributed by atoms with Crippen molar-refractivity contribution in [2.45, 2.75) is 71.9 Å². The van der Waals surface area contributed by atoms with Crippen LogP contribution < -0.4 is 5.32 Å². The summed E-state index contributed by atoms with van der Waals surface area (Å²) in [5.41, 5.74) is 0.482. The van der Waals surface area contributed by atoms with E-state index < -0.39 is 0 Å². The molecule has 1 N–H and O–H groups in total. The van der Waals surface area contributed by atoms with Gasteiger partial charge in [0.15, 0.2) is 0 Å². The first kappa shape index (κ1) is 14.3. The maximum atomic E-state index is 3.73. The monoisotopic (exact) mass is 252 g/mol. The fraction of sp³-hybridized carbons (Fsp3) is 1.00. The second-order valence-corrected chi connectivity index (χ2v) is 7.47. The van der Waals surface area contributed by atoms with E-state index in [9.17, 15) is 0 Å². The normalized spacial score (nSPS) is 27.7. The molecule has 2 unspecified atom stereocenters. The van der Waals surface area contributed by atoms with Crippen molar-refractivity contribution in [2.24, 2.45) is 11.3 Å². The first-order valence-electron chi connectivity index (χ1n) is 7.98. The fourth-order valence-electron chi connectivity index (χ4n) is 3.16. The summed E-state index contributed by atoms with van der Waals surface area (Å²) in [5.74, 6) is 0.887. The van der Waals surface area contributed by atoms with Crippen molar-refractivity contribution >= 4 is 0 Å². The standard InChI is InChI=1S/C16H32N2/c1-5-6-15(11-17-14-7-8-14)18-10-9-13(12-18)16(2,3)4/h13-15,17H,5-12H2,1-4H3. The van der Waals surface area contributed by atoms with E-state index in [4.69, 9.17) is 0 Å². The van der Waals surface area contributed by atoms with Crippen LogP contribution >= 0.6 is 0 Å². The van der Waals surface area contributed by atoms with E-state index in [2.05, 4.69) is 37.9 Å². The van der Waals surface area contributed by atoms with Crippen molar-refractivity contribution < 1.29 is 0 Å². The first-order valence-corrected chi connectivity index (χ1v) is 7.98. The highest BCUT2D eigenvalue weighted by Crippen LogP contribution is 2.34. The maximum absolute atomic E-state index is 3.73.